The minimum atomic E-state index is 0.220. The van der Waals surface area contributed by atoms with E-state index in [2.05, 4.69) is 56.3 Å². The van der Waals surface area contributed by atoms with E-state index in [1.165, 1.54) is 22.4 Å². The van der Waals surface area contributed by atoms with Crippen LogP contribution in [0.3, 0.4) is 0 Å². The average molecular weight is 349 g/mol. The van der Waals surface area contributed by atoms with Crippen molar-refractivity contribution in [2.75, 3.05) is 29.5 Å². The SMILES string of the molecule is Cc1cccc(-c2cn[nH]c2C2CCN(c3cc(N)nc(N)n3)CC2)c1. The molecular weight excluding hydrogens is 326 g/mol. The van der Waals surface area contributed by atoms with E-state index in [4.69, 9.17) is 11.5 Å². The maximum atomic E-state index is 5.80. The first-order valence-corrected chi connectivity index (χ1v) is 8.85. The third-order valence-electron chi connectivity index (χ3n) is 4.97. The second-order valence-electron chi connectivity index (χ2n) is 6.84. The predicted molar refractivity (Wildman–Crippen MR) is 104 cm³/mol. The largest absolute Gasteiger partial charge is 0.383 e. The van der Waals surface area contributed by atoms with Crippen LogP contribution >= 0.6 is 0 Å². The van der Waals surface area contributed by atoms with Gasteiger partial charge in [-0.3, -0.25) is 5.10 Å². The molecule has 134 valence electrons. The van der Waals surface area contributed by atoms with Crippen LogP contribution in [-0.2, 0) is 0 Å². The van der Waals surface area contributed by atoms with Gasteiger partial charge in [-0.2, -0.15) is 15.1 Å². The summed E-state index contributed by atoms with van der Waals surface area (Å²) in [5.41, 5.74) is 16.4. The summed E-state index contributed by atoms with van der Waals surface area (Å²) in [5, 5.41) is 7.54. The highest BCUT2D eigenvalue weighted by molar-refractivity contribution is 5.66. The number of hydrogen-bond acceptors (Lipinski definition) is 6. The molecule has 1 saturated heterocycles. The average Bonchev–Trinajstić information content (AvgIpc) is 3.11. The number of piperidine rings is 1. The molecule has 0 aliphatic carbocycles. The van der Waals surface area contributed by atoms with Crippen molar-refractivity contribution in [2.45, 2.75) is 25.7 Å². The summed E-state index contributed by atoms with van der Waals surface area (Å²) in [6.45, 7) is 3.90. The van der Waals surface area contributed by atoms with E-state index >= 15 is 0 Å². The Morgan fingerprint density at radius 2 is 1.92 bits per heavy atom. The molecule has 2 aromatic heterocycles. The number of nitrogens with two attached hydrogens (primary N) is 2. The highest BCUT2D eigenvalue weighted by Gasteiger charge is 2.25. The van der Waals surface area contributed by atoms with Gasteiger partial charge in [0.05, 0.1) is 6.20 Å². The summed E-state index contributed by atoms with van der Waals surface area (Å²) in [6.07, 6.45) is 3.97. The van der Waals surface area contributed by atoms with Gasteiger partial charge in [-0.05, 0) is 25.3 Å². The van der Waals surface area contributed by atoms with Gasteiger partial charge in [0, 0.05) is 36.3 Å². The lowest BCUT2D eigenvalue weighted by Gasteiger charge is -2.32. The van der Waals surface area contributed by atoms with Crippen LogP contribution in [0.25, 0.3) is 11.1 Å². The molecule has 0 amide bonds. The van der Waals surface area contributed by atoms with Gasteiger partial charge in [-0.15, -0.1) is 0 Å². The number of nitrogens with one attached hydrogen (secondary N) is 1. The van der Waals surface area contributed by atoms with E-state index in [1.807, 2.05) is 6.20 Å². The molecule has 1 aliphatic rings. The molecule has 0 saturated carbocycles. The van der Waals surface area contributed by atoms with E-state index in [-0.39, 0.29) is 5.95 Å². The standard InChI is InChI=1S/C19H23N7/c1-12-3-2-4-14(9-12)15-11-22-25-18(15)13-5-7-26(8-6-13)17-10-16(20)23-19(21)24-17/h2-4,9-11,13H,5-8H2,1H3,(H,22,25)(H4,20,21,23,24). The number of hydrogen-bond donors (Lipinski definition) is 3. The highest BCUT2D eigenvalue weighted by atomic mass is 15.2. The Morgan fingerprint density at radius 1 is 1.12 bits per heavy atom. The van der Waals surface area contributed by atoms with Crippen LogP contribution in [0.5, 0.6) is 0 Å². The Bertz CT molecular complexity index is 890. The molecule has 0 spiro atoms. The predicted octanol–water partition coefficient (Wildman–Crippen LogP) is 2.72. The van der Waals surface area contributed by atoms with Crippen molar-refractivity contribution in [1.29, 1.82) is 0 Å². The zero-order valence-corrected chi connectivity index (χ0v) is 14.8. The Balaban J connectivity index is 1.52. The summed E-state index contributed by atoms with van der Waals surface area (Å²) in [7, 11) is 0. The van der Waals surface area contributed by atoms with Crippen LogP contribution in [0, 0.1) is 6.92 Å². The monoisotopic (exact) mass is 349 g/mol. The maximum absolute atomic E-state index is 5.80. The van der Waals surface area contributed by atoms with Crippen molar-refractivity contribution in [3.05, 3.63) is 47.8 Å². The molecule has 7 heteroatoms. The number of aryl methyl sites for hydroxylation is 1. The van der Waals surface area contributed by atoms with E-state index < -0.39 is 0 Å². The van der Waals surface area contributed by atoms with Gasteiger partial charge in [0.25, 0.3) is 0 Å². The molecule has 1 fully saturated rings. The molecule has 4 rings (SSSR count). The Hall–Kier alpha value is -3.09. The molecule has 7 nitrogen and oxygen atoms in total. The molecular formula is C19H23N7. The second kappa shape index (κ2) is 6.67. The van der Waals surface area contributed by atoms with Crippen molar-refractivity contribution < 1.29 is 0 Å². The van der Waals surface area contributed by atoms with Crippen LogP contribution in [0.1, 0.15) is 30.0 Å². The molecule has 3 heterocycles. The number of aromatic nitrogens is 4. The quantitative estimate of drug-likeness (QED) is 0.671. The van der Waals surface area contributed by atoms with Crippen molar-refractivity contribution in [3.63, 3.8) is 0 Å². The summed E-state index contributed by atoms with van der Waals surface area (Å²) >= 11 is 0. The fourth-order valence-electron chi connectivity index (χ4n) is 3.68. The number of aromatic amines is 1. The summed E-state index contributed by atoms with van der Waals surface area (Å²) in [4.78, 5) is 10.5. The van der Waals surface area contributed by atoms with Crippen molar-refractivity contribution >= 4 is 17.6 Å². The highest BCUT2D eigenvalue weighted by Crippen LogP contribution is 2.35. The molecule has 0 radical (unpaired) electrons. The van der Waals surface area contributed by atoms with Gasteiger partial charge in [-0.25, -0.2) is 0 Å². The molecule has 0 bridgehead atoms. The summed E-state index contributed by atoms with van der Waals surface area (Å²) < 4.78 is 0. The van der Waals surface area contributed by atoms with Crippen molar-refractivity contribution in [3.8, 4) is 11.1 Å². The summed E-state index contributed by atoms with van der Waals surface area (Å²) in [5.74, 6) is 1.88. The lowest BCUT2D eigenvalue weighted by Crippen LogP contribution is -2.34. The lowest BCUT2D eigenvalue weighted by atomic mass is 9.89. The fraction of sp³-hybridized carbons (Fsp3) is 0.316. The fourth-order valence-corrected chi connectivity index (χ4v) is 3.68. The molecule has 1 aromatic carbocycles. The van der Waals surface area contributed by atoms with Crippen LogP contribution in [0.4, 0.5) is 17.6 Å². The van der Waals surface area contributed by atoms with Gasteiger partial charge < -0.3 is 16.4 Å². The van der Waals surface area contributed by atoms with E-state index in [1.54, 1.807) is 6.07 Å². The zero-order chi connectivity index (χ0) is 18.1. The van der Waals surface area contributed by atoms with Crippen molar-refractivity contribution in [2.24, 2.45) is 0 Å². The molecule has 0 unspecified atom stereocenters. The molecule has 26 heavy (non-hydrogen) atoms. The number of nitrogen functional groups attached to an aromatic ring is 2. The topological polar surface area (TPSA) is 110 Å². The first-order valence-electron chi connectivity index (χ1n) is 8.85. The van der Waals surface area contributed by atoms with Gasteiger partial charge in [0.2, 0.25) is 5.95 Å². The molecule has 1 aliphatic heterocycles. The Morgan fingerprint density at radius 3 is 2.65 bits per heavy atom. The molecule has 5 N–H and O–H groups in total. The van der Waals surface area contributed by atoms with E-state index in [9.17, 15) is 0 Å². The number of anilines is 3. The molecule has 3 aromatic rings. The maximum Gasteiger partial charge on any atom is 0.223 e. The second-order valence-corrected chi connectivity index (χ2v) is 6.84. The first kappa shape index (κ1) is 16.4. The third kappa shape index (κ3) is 3.20. The molecule has 0 atom stereocenters. The number of rotatable bonds is 3. The third-order valence-corrected chi connectivity index (χ3v) is 4.97. The summed E-state index contributed by atoms with van der Waals surface area (Å²) in [6, 6.07) is 10.3. The van der Waals surface area contributed by atoms with Crippen LogP contribution in [0.15, 0.2) is 36.5 Å². The van der Waals surface area contributed by atoms with Gasteiger partial charge in [0.15, 0.2) is 0 Å². The zero-order valence-electron chi connectivity index (χ0n) is 14.8. The number of H-pyrrole nitrogens is 1. The van der Waals surface area contributed by atoms with Gasteiger partial charge >= 0.3 is 0 Å². The number of benzene rings is 1. The van der Waals surface area contributed by atoms with Gasteiger partial charge in [0.1, 0.15) is 11.6 Å². The lowest BCUT2D eigenvalue weighted by molar-refractivity contribution is 0.494. The minimum absolute atomic E-state index is 0.220. The van der Waals surface area contributed by atoms with E-state index in [0.29, 0.717) is 11.7 Å². The minimum Gasteiger partial charge on any atom is -0.383 e. The normalized spacial score (nSPS) is 15.3. The smallest absolute Gasteiger partial charge is 0.223 e. The number of nitrogens with zero attached hydrogens (tertiary/aromatic N) is 4. The first-order chi connectivity index (χ1) is 12.6. The van der Waals surface area contributed by atoms with Crippen LogP contribution < -0.4 is 16.4 Å². The van der Waals surface area contributed by atoms with Crippen molar-refractivity contribution in [1.82, 2.24) is 20.2 Å². The Labute approximate surface area is 152 Å². The van der Waals surface area contributed by atoms with E-state index in [0.717, 1.165) is 31.7 Å². The van der Waals surface area contributed by atoms with Crippen LogP contribution in [-0.4, -0.2) is 33.3 Å². The Kier molecular flexibility index (Phi) is 4.20. The van der Waals surface area contributed by atoms with Gasteiger partial charge in [-0.1, -0.05) is 29.8 Å². The van der Waals surface area contributed by atoms with Crippen LogP contribution in [0.2, 0.25) is 0 Å².